The fourth-order valence-electron chi connectivity index (χ4n) is 1.71. The maximum absolute atomic E-state index is 12.2. The maximum Gasteiger partial charge on any atom is 0.413 e. The summed E-state index contributed by atoms with van der Waals surface area (Å²) in [5.74, 6) is -0.388. The summed E-state index contributed by atoms with van der Waals surface area (Å²) in [4.78, 5) is 35.2. The number of ether oxygens (including phenoxy) is 2. The Morgan fingerprint density at radius 1 is 1.00 bits per heavy atom. The summed E-state index contributed by atoms with van der Waals surface area (Å²) in [6.45, 7) is 0. The van der Waals surface area contributed by atoms with E-state index in [9.17, 15) is 14.4 Å². The van der Waals surface area contributed by atoms with Crippen molar-refractivity contribution in [1.29, 1.82) is 0 Å². The second-order valence-electron chi connectivity index (χ2n) is 4.29. The van der Waals surface area contributed by atoms with Crippen molar-refractivity contribution in [2.45, 2.75) is 0 Å². The number of imide groups is 1. The Bertz CT molecular complexity index is 724. The number of hydrogen-bond donors (Lipinski definition) is 2. The number of thiophene rings is 1. The number of methoxy groups -OCH3 is 2. The molecule has 2 aromatic rings. The molecule has 2 N–H and O–H groups in total. The van der Waals surface area contributed by atoms with Gasteiger partial charge >= 0.3 is 6.09 Å². The van der Waals surface area contributed by atoms with Crippen molar-refractivity contribution < 1.29 is 23.9 Å². The minimum Gasteiger partial charge on any atom is -0.497 e. The Hall–Kier alpha value is -2.87. The third-order valence-electron chi connectivity index (χ3n) is 2.89. The van der Waals surface area contributed by atoms with Gasteiger partial charge in [0.05, 0.1) is 19.8 Å². The van der Waals surface area contributed by atoms with Gasteiger partial charge < -0.3 is 14.8 Å². The summed E-state index contributed by atoms with van der Waals surface area (Å²) < 4.78 is 9.39. The molecule has 1 aromatic heterocycles. The lowest BCUT2D eigenvalue weighted by Gasteiger charge is -2.07. The fourth-order valence-corrected chi connectivity index (χ4v) is 2.49. The van der Waals surface area contributed by atoms with E-state index in [0.29, 0.717) is 16.3 Å². The molecule has 0 aliphatic heterocycles. The summed E-state index contributed by atoms with van der Waals surface area (Å²) >= 11 is 1.17. The lowest BCUT2D eigenvalue weighted by Crippen LogP contribution is -2.30. The highest BCUT2D eigenvalue weighted by molar-refractivity contribution is 7.14. The van der Waals surface area contributed by atoms with Crippen LogP contribution in [0.4, 0.5) is 9.80 Å². The molecule has 120 valence electrons. The number of anilines is 1. The number of amides is 3. The predicted octanol–water partition coefficient (Wildman–Crippen LogP) is 2.51. The third-order valence-corrected chi connectivity index (χ3v) is 3.72. The zero-order valence-electron chi connectivity index (χ0n) is 12.4. The molecule has 0 aliphatic rings. The average Bonchev–Trinajstić information content (AvgIpc) is 3.02. The van der Waals surface area contributed by atoms with Crippen molar-refractivity contribution >= 4 is 34.2 Å². The summed E-state index contributed by atoms with van der Waals surface area (Å²) in [7, 11) is 2.69. The van der Waals surface area contributed by atoms with Crippen LogP contribution in [0.15, 0.2) is 35.7 Å². The summed E-state index contributed by atoms with van der Waals surface area (Å²) in [5, 5.41) is 6.66. The largest absolute Gasteiger partial charge is 0.497 e. The van der Waals surface area contributed by atoms with Crippen LogP contribution in [-0.4, -0.2) is 32.1 Å². The van der Waals surface area contributed by atoms with Crippen LogP contribution >= 0.6 is 11.3 Å². The van der Waals surface area contributed by atoms with Crippen LogP contribution in [0.2, 0.25) is 0 Å². The molecule has 2 rings (SSSR count). The molecule has 1 heterocycles. The molecule has 0 saturated carbocycles. The van der Waals surface area contributed by atoms with Gasteiger partial charge in [0, 0.05) is 5.56 Å². The van der Waals surface area contributed by atoms with Gasteiger partial charge in [-0.15, -0.1) is 11.3 Å². The minimum absolute atomic E-state index is 0.183. The second kappa shape index (κ2) is 7.41. The molecule has 0 atom stereocenters. The Labute approximate surface area is 136 Å². The lowest BCUT2D eigenvalue weighted by molar-refractivity contribution is 0.0938. The quantitative estimate of drug-likeness (QED) is 0.896. The highest BCUT2D eigenvalue weighted by atomic mass is 32.1. The first-order valence-electron chi connectivity index (χ1n) is 6.47. The lowest BCUT2D eigenvalue weighted by atomic mass is 10.2. The highest BCUT2D eigenvalue weighted by Crippen LogP contribution is 2.24. The van der Waals surface area contributed by atoms with Crippen LogP contribution in [0.5, 0.6) is 5.75 Å². The van der Waals surface area contributed by atoms with Crippen molar-refractivity contribution in [2.24, 2.45) is 0 Å². The van der Waals surface area contributed by atoms with Crippen molar-refractivity contribution in [3.05, 3.63) is 46.8 Å². The van der Waals surface area contributed by atoms with Crippen molar-refractivity contribution in [2.75, 3.05) is 19.5 Å². The number of hydrogen-bond acceptors (Lipinski definition) is 6. The van der Waals surface area contributed by atoms with Gasteiger partial charge in [-0.2, -0.15) is 0 Å². The third kappa shape index (κ3) is 4.07. The van der Waals surface area contributed by atoms with Gasteiger partial charge in [-0.3, -0.25) is 14.9 Å². The van der Waals surface area contributed by atoms with Gasteiger partial charge in [-0.25, -0.2) is 4.79 Å². The normalized spacial score (nSPS) is 9.83. The van der Waals surface area contributed by atoms with E-state index in [0.717, 1.165) is 7.11 Å². The van der Waals surface area contributed by atoms with Gasteiger partial charge in [0.1, 0.15) is 10.8 Å². The maximum atomic E-state index is 12.2. The van der Waals surface area contributed by atoms with Gasteiger partial charge in [-0.1, -0.05) is 0 Å². The van der Waals surface area contributed by atoms with E-state index in [-0.39, 0.29) is 11.5 Å². The molecule has 0 bridgehead atoms. The van der Waals surface area contributed by atoms with E-state index in [2.05, 4.69) is 10.1 Å². The Balaban J connectivity index is 2.11. The molecule has 1 aromatic carbocycles. The van der Waals surface area contributed by atoms with Crippen LogP contribution in [0, 0.1) is 0 Å². The molecule has 0 radical (unpaired) electrons. The Morgan fingerprint density at radius 2 is 1.70 bits per heavy atom. The van der Waals surface area contributed by atoms with E-state index in [1.54, 1.807) is 29.6 Å². The molecule has 23 heavy (non-hydrogen) atoms. The molecule has 0 spiro atoms. The van der Waals surface area contributed by atoms with E-state index < -0.39 is 12.0 Å². The molecule has 0 aliphatic carbocycles. The van der Waals surface area contributed by atoms with E-state index >= 15 is 0 Å². The fraction of sp³-hybridized carbons (Fsp3) is 0.133. The molecule has 0 saturated heterocycles. The standard InChI is InChI=1S/C15H14N2O5S/c1-21-10-5-3-9(4-6-10)12(18)16-14-11(7-8-23-14)13(19)17-15(20)22-2/h3-8H,1-2H3,(H,16,18)(H,17,19,20). The first kappa shape index (κ1) is 16.5. The van der Waals surface area contributed by atoms with Crippen molar-refractivity contribution in [1.82, 2.24) is 5.32 Å². The molecule has 0 unspecified atom stereocenters. The Morgan fingerprint density at radius 3 is 2.30 bits per heavy atom. The van der Waals surface area contributed by atoms with Crippen molar-refractivity contribution in [3.8, 4) is 5.75 Å². The van der Waals surface area contributed by atoms with Crippen LogP contribution in [0.1, 0.15) is 20.7 Å². The minimum atomic E-state index is -0.867. The number of alkyl carbamates (subject to hydrolysis) is 1. The summed E-state index contributed by atoms with van der Waals surface area (Å²) in [6, 6.07) is 8.04. The zero-order valence-corrected chi connectivity index (χ0v) is 13.2. The average molecular weight is 334 g/mol. The van der Waals surface area contributed by atoms with E-state index in [1.165, 1.54) is 24.5 Å². The van der Waals surface area contributed by atoms with Crippen LogP contribution in [0.3, 0.4) is 0 Å². The molecule has 8 heteroatoms. The van der Waals surface area contributed by atoms with Crippen LogP contribution in [-0.2, 0) is 4.74 Å². The van der Waals surface area contributed by atoms with Crippen molar-refractivity contribution in [3.63, 3.8) is 0 Å². The van der Waals surface area contributed by atoms with Crippen LogP contribution < -0.4 is 15.4 Å². The highest BCUT2D eigenvalue weighted by Gasteiger charge is 2.18. The molecule has 3 amide bonds. The second-order valence-corrected chi connectivity index (χ2v) is 5.21. The first-order chi connectivity index (χ1) is 11.0. The summed E-state index contributed by atoms with van der Waals surface area (Å²) in [6.07, 6.45) is -0.867. The van der Waals surface area contributed by atoms with Gasteiger partial charge in [0.2, 0.25) is 0 Å². The predicted molar refractivity (Wildman–Crippen MR) is 85.1 cm³/mol. The van der Waals surface area contributed by atoms with Gasteiger partial charge in [-0.05, 0) is 35.7 Å². The molecular weight excluding hydrogens is 320 g/mol. The first-order valence-corrected chi connectivity index (χ1v) is 7.35. The number of nitrogens with one attached hydrogen (secondary N) is 2. The molecular formula is C15H14N2O5S. The monoisotopic (exact) mass is 334 g/mol. The summed E-state index contributed by atoms with van der Waals surface area (Å²) in [5.41, 5.74) is 0.598. The zero-order chi connectivity index (χ0) is 16.8. The topological polar surface area (TPSA) is 93.7 Å². The van der Waals surface area contributed by atoms with Gasteiger partial charge in [0.25, 0.3) is 11.8 Å². The number of carbonyl (C=O) groups is 3. The van der Waals surface area contributed by atoms with E-state index in [4.69, 9.17) is 4.74 Å². The number of rotatable bonds is 4. The molecule has 7 nitrogen and oxygen atoms in total. The number of carbonyl (C=O) groups excluding carboxylic acids is 3. The van der Waals surface area contributed by atoms with Crippen LogP contribution in [0.25, 0.3) is 0 Å². The van der Waals surface area contributed by atoms with Gasteiger partial charge in [0.15, 0.2) is 0 Å². The SMILES string of the molecule is COC(=O)NC(=O)c1ccsc1NC(=O)c1ccc(OC)cc1. The van der Waals surface area contributed by atoms with E-state index in [1.807, 2.05) is 5.32 Å². The Kier molecular flexibility index (Phi) is 5.32. The molecule has 0 fully saturated rings. The smallest absolute Gasteiger partial charge is 0.413 e. The number of benzene rings is 1.